The standard InChI is InChI=1S/C21H28NO4P/c1-18-11-13-20(14-12-18)21(23)10-6-7-17-26-27(24,25)22(2)16-15-19-8-4-3-5-9-19/h3-5,8-9,11-14H,6-7,10,15-17H2,1-2H3,(H,24,25). The lowest BCUT2D eigenvalue weighted by Gasteiger charge is -2.22. The zero-order valence-corrected chi connectivity index (χ0v) is 16.9. The second kappa shape index (κ2) is 10.5. The van der Waals surface area contributed by atoms with Gasteiger partial charge in [0.15, 0.2) is 5.78 Å². The van der Waals surface area contributed by atoms with E-state index in [0.717, 1.165) is 11.1 Å². The van der Waals surface area contributed by atoms with E-state index in [0.29, 0.717) is 37.8 Å². The summed E-state index contributed by atoms with van der Waals surface area (Å²) in [6.07, 6.45) is 2.28. The van der Waals surface area contributed by atoms with Crippen molar-refractivity contribution in [1.29, 1.82) is 0 Å². The van der Waals surface area contributed by atoms with Gasteiger partial charge in [-0.15, -0.1) is 0 Å². The molecule has 0 aromatic heterocycles. The molecule has 0 aliphatic heterocycles. The molecule has 0 amide bonds. The molecule has 0 aliphatic carbocycles. The molecule has 2 aromatic rings. The smallest absolute Gasteiger partial charge is 0.312 e. The third-order valence-corrected chi connectivity index (χ3v) is 6.01. The van der Waals surface area contributed by atoms with Crippen LogP contribution in [-0.2, 0) is 15.5 Å². The summed E-state index contributed by atoms with van der Waals surface area (Å²) in [5.74, 6) is 0.0853. The number of rotatable bonds is 11. The lowest BCUT2D eigenvalue weighted by molar-refractivity contribution is 0.0977. The fraction of sp³-hybridized carbons (Fsp3) is 0.381. The van der Waals surface area contributed by atoms with E-state index in [1.807, 2.05) is 61.5 Å². The molecule has 6 heteroatoms. The van der Waals surface area contributed by atoms with Gasteiger partial charge >= 0.3 is 7.75 Å². The van der Waals surface area contributed by atoms with E-state index in [2.05, 4.69) is 0 Å². The van der Waals surface area contributed by atoms with Crippen LogP contribution in [0.3, 0.4) is 0 Å². The molecule has 27 heavy (non-hydrogen) atoms. The van der Waals surface area contributed by atoms with Gasteiger partial charge in [0.25, 0.3) is 0 Å². The van der Waals surface area contributed by atoms with Crippen molar-refractivity contribution in [1.82, 2.24) is 4.67 Å². The van der Waals surface area contributed by atoms with E-state index in [9.17, 15) is 14.3 Å². The van der Waals surface area contributed by atoms with E-state index in [1.54, 1.807) is 7.05 Å². The molecule has 146 valence electrons. The highest BCUT2D eigenvalue weighted by Crippen LogP contribution is 2.45. The van der Waals surface area contributed by atoms with Crippen molar-refractivity contribution in [3.63, 3.8) is 0 Å². The van der Waals surface area contributed by atoms with Gasteiger partial charge in [0, 0.05) is 18.5 Å². The van der Waals surface area contributed by atoms with Gasteiger partial charge in [0.05, 0.1) is 6.61 Å². The first kappa shape index (κ1) is 21.5. The topological polar surface area (TPSA) is 66.8 Å². The molecule has 1 N–H and O–H groups in total. The van der Waals surface area contributed by atoms with Gasteiger partial charge in [-0.1, -0.05) is 60.2 Å². The van der Waals surface area contributed by atoms with Crippen LogP contribution in [0.4, 0.5) is 0 Å². The lowest BCUT2D eigenvalue weighted by atomic mass is 10.0. The van der Waals surface area contributed by atoms with Crippen molar-refractivity contribution in [3.05, 3.63) is 71.3 Å². The molecule has 2 rings (SSSR count). The zero-order valence-electron chi connectivity index (χ0n) is 16.0. The Kier molecular flexibility index (Phi) is 8.39. The summed E-state index contributed by atoms with van der Waals surface area (Å²) in [6.45, 7) is 2.57. The average Bonchev–Trinajstić information content (AvgIpc) is 2.67. The molecule has 0 radical (unpaired) electrons. The van der Waals surface area contributed by atoms with Crippen molar-refractivity contribution < 1.29 is 18.8 Å². The second-order valence-electron chi connectivity index (χ2n) is 6.69. The normalized spacial score (nSPS) is 13.5. The molecule has 0 saturated heterocycles. The Labute approximate surface area is 161 Å². The monoisotopic (exact) mass is 389 g/mol. The summed E-state index contributed by atoms with van der Waals surface area (Å²) < 4.78 is 18.8. The van der Waals surface area contributed by atoms with E-state index in [1.165, 1.54) is 4.67 Å². The van der Waals surface area contributed by atoms with Crippen LogP contribution >= 0.6 is 7.75 Å². The SMILES string of the molecule is Cc1ccc(C(=O)CCCCOP(=O)(O)N(C)CCc2ccccc2)cc1. The van der Waals surface area contributed by atoms with Crippen LogP contribution in [0, 0.1) is 6.92 Å². The Morgan fingerprint density at radius 1 is 1.07 bits per heavy atom. The number of hydrogen-bond acceptors (Lipinski definition) is 3. The molecule has 0 bridgehead atoms. The van der Waals surface area contributed by atoms with E-state index >= 15 is 0 Å². The van der Waals surface area contributed by atoms with Crippen LogP contribution in [0.2, 0.25) is 0 Å². The van der Waals surface area contributed by atoms with Crippen molar-refractivity contribution in [2.24, 2.45) is 0 Å². The van der Waals surface area contributed by atoms with Crippen molar-refractivity contribution >= 4 is 13.5 Å². The van der Waals surface area contributed by atoms with Crippen LogP contribution in [0.25, 0.3) is 0 Å². The summed E-state index contributed by atoms with van der Waals surface area (Å²) in [5, 5.41) is 0. The van der Waals surface area contributed by atoms with Crippen molar-refractivity contribution in [3.8, 4) is 0 Å². The van der Waals surface area contributed by atoms with Crippen LogP contribution in [0.1, 0.15) is 40.7 Å². The van der Waals surface area contributed by atoms with Gasteiger partial charge in [-0.25, -0.2) is 9.24 Å². The first-order valence-electron chi connectivity index (χ1n) is 9.21. The minimum Gasteiger partial charge on any atom is -0.312 e. The maximum absolute atomic E-state index is 12.3. The first-order chi connectivity index (χ1) is 12.9. The molecule has 2 aromatic carbocycles. The second-order valence-corrected chi connectivity index (χ2v) is 8.61. The first-order valence-corrected chi connectivity index (χ1v) is 10.7. The maximum Gasteiger partial charge on any atom is 0.405 e. The predicted molar refractivity (Wildman–Crippen MR) is 108 cm³/mol. The van der Waals surface area contributed by atoms with Gasteiger partial charge in [-0.2, -0.15) is 0 Å². The number of ketones is 1. The number of benzene rings is 2. The molecule has 5 nitrogen and oxygen atoms in total. The van der Waals surface area contributed by atoms with Crippen molar-refractivity contribution in [2.75, 3.05) is 20.2 Å². The lowest BCUT2D eigenvalue weighted by Crippen LogP contribution is -2.19. The summed E-state index contributed by atoms with van der Waals surface area (Å²) in [5.41, 5.74) is 2.93. The van der Waals surface area contributed by atoms with E-state index in [-0.39, 0.29) is 12.4 Å². The average molecular weight is 389 g/mol. The Hall–Kier alpha value is -1.78. The summed E-state index contributed by atoms with van der Waals surface area (Å²) >= 11 is 0. The number of Topliss-reactive ketones (excluding diaryl/α,β-unsaturated/α-hetero) is 1. The number of hydrogen-bond donors (Lipinski definition) is 1. The fourth-order valence-corrected chi connectivity index (χ4v) is 3.53. The fourth-order valence-electron chi connectivity index (χ4n) is 2.62. The largest absolute Gasteiger partial charge is 0.405 e. The molecule has 0 heterocycles. The Morgan fingerprint density at radius 3 is 2.41 bits per heavy atom. The highest BCUT2D eigenvalue weighted by atomic mass is 31.2. The summed E-state index contributed by atoms with van der Waals surface area (Å²) in [6, 6.07) is 17.3. The molecule has 1 atom stereocenters. The summed E-state index contributed by atoms with van der Waals surface area (Å²) in [7, 11) is -2.21. The van der Waals surface area contributed by atoms with Crippen LogP contribution in [0.5, 0.6) is 0 Å². The Balaban J connectivity index is 1.66. The Bertz CT molecular complexity index is 762. The van der Waals surface area contributed by atoms with E-state index in [4.69, 9.17) is 4.52 Å². The quantitative estimate of drug-likeness (QED) is 0.345. The molecule has 0 spiro atoms. The maximum atomic E-state index is 12.3. The number of unbranched alkanes of at least 4 members (excludes halogenated alkanes) is 1. The molecule has 0 aliphatic rings. The van der Waals surface area contributed by atoms with Gasteiger partial charge in [0.2, 0.25) is 0 Å². The highest BCUT2D eigenvalue weighted by Gasteiger charge is 2.25. The molecule has 0 fully saturated rings. The predicted octanol–water partition coefficient (Wildman–Crippen LogP) is 4.64. The van der Waals surface area contributed by atoms with Crippen LogP contribution in [0.15, 0.2) is 54.6 Å². The minimum atomic E-state index is -3.80. The van der Waals surface area contributed by atoms with Crippen LogP contribution in [-0.4, -0.2) is 35.5 Å². The number of nitrogens with zero attached hydrogens (tertiary/aromatic N) is 1. The highest BCUT2D eigenvalue weighted by molar-refractivity contribution is 7.50. The third-order valence-electron chi connectivity index (χ3n) is 4.43. The molecular weight excluding hydrogens is 361 g/mol. The number of likely N-dealkylation sites (N-methyl/N-ethyl adjacent to an activating group) is 1. The Morgan fingerprint density at radius 2 is 1.74 bits per heavy atom. The van der Waals surface area contributed by atoms with Gasteiger partial charge in [0.1, 0.15) is 0 Å². The molecular formula is C21H28NO4P. The van der Waals surface area contributed by atoms with Gasteiger partial charge in [-0.05, 0) is 38.8 Å². The van der Waals surface area contributed by atoms with E-state index < -0.39 is 7.75 Å². The molecule has 0 saturated carbocycles. The molecule has 1 unspecified atom stereocenters. The van der Waals surface area contributed by atoms with Crippen molar-refractivity contribution in [2.45, 2.75) is 32.6 Å². The van der Waals surface area contributed by atoms with Gasteiger partial charge < -0.3 is 4.89 Å². The van der Waals surface area contributed by atoms with Crippen LogP contribution < -0.4 is 0 Å². The third kappa shape index (κ3) is 7.39. The number of aryl methyl sites for hydroxylation is 1. The summed E-state index contributed by atoms with van der Waals surface area (Å²) in [4.78, 5) is 22.2. The zero-order chi connectivity index (χ0) is 19.7. The number of carbonyl (C=O) groups is 1. The minimum absolute atomic E-state index is 0.0853. The number of carbonyl (C=O) groups excluding carboxylic acids is 1. The van der Waals surface area contributed by atoms with Gasteiger partial charge in [-0.3, -0.25) is 9.32 Å².